The van der Waals surface area contributed by atoms with Crippen LogP contribution in [0, 0.1) is 10.1 Å². The minimum Gasteiger partial charge on any atom is -0.393 e. The Kier molecular flexibility index (Phi) is 3.81. The summed E-state index contributed by atoms with van der Waals surface area (Å²) in [5.74, 6) is 1.33. The van der Waals surface area contributed by atoms with E-state index in [1.165, 1.54) is 12.3 Å². The van der Waals surface area contributed by atoms with Gasteiger partial charge in [0.15, 0.2) is 0 Å². The van der Waals surface area contributed by atoms with Crippen LogP contribution in [0.25, 0.3) is 16.9 Å². The Morgan fingerprint density at radius 2 is 1.92 bits per heavy atom. The van der Waals surface area contributed by atoms with Gasteiger partial charge in [0.25, 0.3) is 5.69 Å². The van der Waals surface area contributed by atoms with Crippen LogP contribution in [0.3, 0.4) is 0 Å². The van der Waals surface area contributed by atoms with Crippen molar-refractivity contribution in [2.45, 2.75) is 18.9 Å². The van der Waals surface area contributed by atoms with Crippen LogP contribution in [0.4, 0.5) is 11.6 Å². The first-order valence-electron chi connectivity index (χ1n) is 8.15. The topological polar surface area (TPSA) is 97.3 Å². The highest BCUT2D eigenvalue weighted by Crippen LogP contribution is 2.28. The van der Waals surface area contributed by atoms with Crippen molar-refractivity contribution >= 4 is 22.7 Å². The maximum absolute atomic E-state index is 10.9. The maximum Gasteiger partial charge on any atom is 0.287 e. The molecule has 0 radical (unpaired) electrons. The summed E-state index contributed by atoms with van der Waals surface area (Å²) < 4.78 is 1.91. The van der Waals surface area contributed by atoms with Crippen molar-refractivity contribution in [3.63, 3.8) is 0 Å². The lowest BCUT2D eigenvalue weighted by Gasteiger charge is -2.30. The molecule has 1 aliphatic rings. The number of aliphatic hydroxyl groups excluding tert-OH is 1. The van der Waals surface area contributed by atoms with Crippen LogP contribution in [0.15, 0.2) is 42.6 Å². The zero-order valence-electron chi connectivity index (χ0n) is 13.4. The Morgan fingerprint density at radius 1 is 1.16 bits per heavy atom. The van der Waals surface area contributed by atoms with Gasteiger partial charge in [0, 0.05) is 19.2 Å². The molecule has 1 fully saturated rings. The van der Waals surface area contributed by atoms with Gasteiger partial charge in [-0.2, -0.15) is 0 Å². The lowest BCUT2D eigenvalue weighted by molar-refractivity contribution is -0.385. The summed E-state index contributed by atoms with van der Waals surface area (Å²) in [6.07, 6.45) is 2.37. The van der Waals surface area contributed by atoms with Gasteiger partial charge in [0.2, 0.25) is 5.95 Å². The second-order valence-electron chi connectivity index (χ2n) is 6.09. The van der Waals surface area contributed by atoms with Crippen LogP contribution < -0.4 is 4.90 Å². The number of pyridine rings is 1. The second-order valence-corrected chi connectivity index (χ2v) is 6.09. The molecule has 3 aromatic rings. The van der Waals surface area contributed by atoms with Gasteiger partial charge < -0.3 is 10.0 Å². The molecular weight excluding hydrogens is 322 g/mol. The number of rotatable bonds is 3. The van der Waals surface area contributed by atoms with E-state index in [1.807, 2.05) is 28.8 Å². The summed E-state index contributed by atoms with van der Waals surface area (Å²) in [7, 11) is 0. The Labute approximate surface area is 143 Å². The molecule has 128 valence electrons. The summed E-state index contributed by atoms with van der Waals surface area (Å²) in [6.45, 7) is 1.41. The number of piperidine rings is 1. The number of aliphatic hydroxyl groups is 1. The van der Waals surface area contributed by atoms with E-state index in [1.54, 1.807) is 6.07 Å². The summed E-state index contributed by atoms with van der Waals surface area (Å²) in [5.41, 5.74) is 1.68. The number of para-hydroxylation sites is 2. The predicted octanol–water partition coefficient (Wildman–Crippen LogP) is 2.29. The number of nitro groups is 1. The molecule has 0 bridgehead atoms. The highest BCUT2D eigenvalue weighted by atomic mass is 16.6. The van der Waals surface area contributed by atoms with Gasteiger partial charge in [-0.05, 0) is 31.0 Å². The highest BCUT2D eigenvalue weighted by molar-refractivity contribution is 5.81. The van der Waals surface area contributed by atoms with Crippen molar-refractivity contribution in [2.24, 2.45) is 0 Å². The highest BCUT2D eigenvalue weighted by Gasteiger charge is 2.23. The number of hydrogen-bond acceptors (Lipinski definition) is 6. The SMILES string of the molecule is O=[N+]([O-])c1ccc(-n2c(N3CCC(O)CC3)nc3ccccc32)nc1. The van der Waals surface area contributed by atoms with E-state index in [0.717, 1.165) is 17.0 Å². The number of nitrogens with zero attached hydrogens (tertiary/aromatic N) is 5. The molecule has 4 rings (SSSR count). The van der Waals surface area contributed by atoms with Gasteiger partial charge in [-0.3, -0.25) is 14.7 Å². The van der Waals surface area contributed by atoms with E-state index in [0.29, 0.717) is 31.7 Å². The molecule has 1 saturated heterocycles. The fraction of sp³-hybridized carbons (Fsp3) is 0.294. The van der Waals surface area contributed by atoms with E-state index in [9.17, 15) is 15.2 Å². The Bertz CT molecular complexity index is 914. The van der Waals surface area contributed by atoms with Crippen LogP contribution in [-0.2, 0) is 0 Å². The molecular formula is C17H17N5O3. The first-order valence-corrected chi connectivity index (χ1v) is 8.15. The molecule has 0 amide bonds. The summed E-state index contributed by atoms with van der Waals surface area (Å²) in [6, 6.07) is 10.8. The molecule has 0 aliphatic carbocycles. The van der Waals surface area contributed by atoms with Gasteiger partial charge >= 0.3 is 0 Å². The first kappa shape index (κ1) is 15.5. The van der Waals surface area contributed by atoms with E-state index >= 15 is 0 Å². The molecule has 0 spiro atoms. The minimum absolute atomic E-state index is 0.0455. The second kappa shape index (κ2) is 6.14. The molecule has 1 N–H and O–H groups in total. The number of fused-ring (bicyclic) bond motifs is 1. The normalized spacial score (nSPS) is 15.6. The fourth-order valence-corrected chi connectivity index (χ4v) is 3.14. The van der Waals surface area contributed by atoms with Gasteiger partial charge in [-0.15, -0.1) is 0 Å². The van der Waals surface area contributed by atoms with Crippen LogP contribution in [0.2, 0.25) is 0 Å². The molecule has 1 aliphatic heterocycles. The third kappa shape index (κ3) is 2.80. The average Bonchev–Trinajstić information content (AvgIpc) is 3.02. The largest absolute Gasteiger partial charge is 0.393 e. The van der Waals surface area contributed by atoms with E-state index in [-0.39, 0.29) is 11.8 Å². The summed E-state index contributed by atoms with van der Waals surface area (Å²) in [5, 5.41) is 20.6. The van der Waals surface area contributed by atoms with E-state index in [2.05, 4.69) is 9.88 Å². The standard InChI is InChI=1S/C17H17N5O3/c23-13-7-9-20(10-8-13)17-19-14-3-1-2-4-15(14)21(17)16-6-5-12(11-18-16)22(24)25/h1-6,11,13,23H,7-10H2. The maximum atomic E-state index is 10.9. The molecule has 2 aromatic heterocycles. The average molecular weight is 339 g/mol. The molecule has 1 aromatic carbocycles. The fourth-order valence-electron chi connectivity index (χ4n) is 3.14. The molecule has 8 heteroatoms. The smallest absolute Gasteiger partial charge is 0.287 e. The van der Waals surface area contributed by atoms with Gasteiger partial charge in [0.1, 0.15) is 12.0 Å². The van der Waals surface area contributed by atoms with Crippen LogP contribution in [0.1, 0.15) is 12.8 Å². The van der Waals surface area contributed by atoms with Gasteiger partial charge in [-0.1, -0.05) is 12.1 Å². The van der Waals surface area contributed by atoms with Crippen LogP contribution in [-0.4, -0.2) is 43.8 Å². The van der Waals surface area contributed by atoms with E-state index < -0.39 is 4.92 Å². The van der Waals surface area contributed by atoms with Crippen LogP contribution in [0.5, 0.6) is 0 Å². The van der Waals surface area contributed by atoms with Gasteiger partial charge in [0.05, 0.1) is 22.1 Å². The molecule has 3 heterocycles. The number of hydrogen-bond donors (Lipinski definition) is 1. The summed E-state index contributed by atoms with van der Waals surface area (Å²) >= 11 is 0. The zero-order valence-corrected chi connectivity index (χ0v) is 13.4. The molecule has 8 nitrogen and oxygen atoms in total. The van der Waals surface area contributed by atoms with Crippen LogP contribution >= 0.6 is 0 Å². The first-order chi connectivity index (χ1) is 12.1. The molecule has 0 atom stereocenters. The van der Waals surface area contributed by atoms with Crippen molar-refractivity contribution in [1.29, 1.82) is 0 Å². The van der Waals surface area contributed by atoms with Crippen molar-refractivity contribution in [2.75, 3.05) is 18.0 Å². The molecule has 0 saturated carbocycles. The Morgan fingerprint density at radius 3 is 2.60 bits per heavy atom. The lowest BCUT2D eigenvalue weighted by Crippen LogP contribution is -2.37. The Balaban J connectivity index is 1.83. The molecule has 25 heavy (non-hydrogen) atoms. The number of benzene rings is 1. The quantitative estimate of drug-likeness (QED) is 0.581. The van der Waals surface area contributed by atoms with Crippen molar-refractivity contribution in [3.8, 4) is 5.82 Å². The van der Waals surface area contributed by atoms with Crippen molar-refractivity contribution in [3.05, 3.63) is 52.7 Å². The lowest BCUT2D eigenvalue weighted by atomic mass is 10.1. The third-order valence-corrected chi connectivity index (χ3v) is 4.46. The van der Waals surface area contributed by atoms with Gasteiger partial charge in [-0.25, -0.2) is 9.97 Å². The zero-order chi connectivity index (χ0) is 17.4. The Hall–Kier alpha value is -3.00. The van der Waals surface area contributed by atoms with Crippen molar-refractivity contribution < 1.29 is 10.0 Å². The molecule has 0 unspecified atom stereocenters. The third-order valence-electron chi connectivity index (χ3n) is 4.46. The summed E-state index contributed by atoms with van der Waals surface area (Å²) in [4.78, 5) is 21.5. The monoisotopic (exact) mass is 339 g/mol. The minimum atomic E-state index is -0.463. The van der Waals surface area contributed by atoms with Crippen molar-refractivity contribution in [1.82, 2.24) is 14.5 Å². The van der Waals surface area contributed by atoms with E-state index in [4.69, 9.17) is 4.98 Å². The predicted molar refractivity (Wildman–Crippen MR) is 93.0 cm³/mol. The number of aromatic nitrogens is 3. The number of anilines is 1. The number of imidazole rings is 1.